The molecule has 1 N–H and O–H groups in total. The summed E-state index contributed by atoms with van der Waals surface area (Å²) in [4.78, 5) is 0. The lowest BCUT2D eigenvalue weighted by molar-refractivity contribution is 0.0828. The summed E-state index contributed by atoms with van der Waals surface area (Å²) in [5, 5.41) is 8.42. The Balaban J connectivity index is 1.65. The Kier molecular flexibility index (Phi) is 3.05. The molecule has 1 aromatic heterocycles. The SMILES string of the molecule is c1cc([C@H]2Nc3c(ccc4c3CCCC4)[C@@H]3OCC[C@H]23)cs1. The maximum atomic E-state index is 6.17. The molecule has 0 spiro atoms. The minimum Gasteiger partial charge on any atom is -0.377 e. The molecule has 22 heavy (non-hydrogen) atoms. The number of anilines is 1. The van der Waals surface area contributed by atoms with Gasteiger partial charge in [0.2, 0.25) is 0 Å². The second-order valence-electron chi connectivity index (χ2n) is 6.80. The summed E-state index contributed by atoms with van der Waals surface area (Å²) < 4.78 is 6.17. The van der Waals surface area contributed by atoms with E-state index < -0.39 is 0 Å². The zero-order chi connectivity index (χ0) is 14.5. The standard InChI is InChI=1S/C19H21NOS/c1-2-4-14-12(3-1)5-6-15-18(14)20-17(13-8-10-22-11-13)16-7-9-21-19(15)16/h5-6,8,10-11,16-17,19-20H,1-4,7,9H2/t16-,17-,19+/m1/s1. The van der Waals surface area contributed by atoms with Crippen LogP contribution in [0.15, 0.2) is 29.0 Å². The molecule has 1 aromatic carbocycles. The van der Waals surface area contributed by atoms with Crippen LogP contribution >= 0.6 is 11.3 Å². The third-order valence-electron chi connectivity index (χ3n) is 5.64. The molecule has 2 nitrogen and oxygen atoms in total. The molecule has 2 aliphatic heterocycles. The lowest BCUT2D eigenvalue weighted by Crippen LogP contribution is -2.30. The Morgan fingerprint density at radius 2 is 2.09 bits per heavy atom. The summed E-state index contributed by atoms with van der Waals surface area (Å²) in [7, 11) is 0. The highest BCUT2D eigenvalue weighted by atomic mass is 32.1. The van der Waals surface area contributed by atoms with Crippen molar-refractivity contribution in [2.24, 2.45) is 5.92 Å². The van der Waals surface area contributed by atoms with Gasteiger partial charge in [-0.05, 0) is 65.6 Å². The molecule has 1 saturated heterocycles. The number of fused-ring (bicyclic) bond motifs is 5. The molecule has 2 aromatic rings. The van der Waals surface area contributed by atoms with Gasteiger partial charge in [-0.25, -0.2) is 0 Å². The first-order valence-corrected chi connectivity index (χ1v) is 9.41. The first-order valence-electron chi connectivity index (χ1n) is 8.47. The van der Waals surface area contributed by atoms with Crippen molar-refractivity contribution in [1.82, 2.24) is 0 Å². The quantitative estimate of drug-likeness (QED) is 0.811. The maximum absolute atomic E-state index is 6.17. The summed E-state index contributed by atoms with van der Waals surface area (Å²) in [6, 6.07) is 7.38. The fourth-order valence-corrected chi connectivity index (χ4v) is 5.26. The van der Waals surface area contributed by atoms with Crippen LogP contribution in [0.5, 0.6) is 0 Å². The molecule has 3 heterocycles. The van der Waals surface area contributed by atoms with Gasteiger partial charge < -0.3 is 10.1 Å². The highest BCUT2D eigenvalue weighted by molar-refractivity contribution is 7.08. The topological polar surface area (TPSA) is 21.3 Å². The number of aryl methyl sites for hydroxylation is 1. The largest absolute Gasteiger partial charge is 0.377 e. The summed E-state index contributed by atoms with van der Waals surface area (Å²) >= 11 is 1.80. The zero-order valence-corrected chi connectivity index (χ0v) is 13.5. The monoisotopic (exact) mass is 311 g/mol. The summed E-state index contributed by atoms with van der Waals surface area (Å²) in [6.07, 6.45) is 6.57. The van der Waals surface area contributed by atoms with Gasteiger partial charge in [0.1, 0.15) is 0 Å². The number of ether oxygens (including phenoxy) is 1. The van der Waals surface area contributed by atoms with E-state index >= 15 is 0 Å². The number of rotatable bonds is 1. The van der Waals surface area contributed by atoms with E-state index in [-0.39, 0.29) is 6.10 Å². The van der Waals surface area contributed by atoms with Crippen LogP contribution in [0.25, 0.3) is 0 Å². The van der Waals surface area contributed by atoms with Crippen LogP contribution in [0.1, 0.15) is 53.7 Å². The van der Waals surface area contributed by atoms with Crippen molar-refractivity contribution in [2.45, 2.75) is 44.2 Å². The molecule has 0 unspecified atom stereocenters. The van der Waals surface area contributed by atoms with E-state index in [1.807, 2.05) is 0 Å². The summed E-state index contributed by atoms with van der Waals surface area (Å²) in [6.45, 7) is 0.897. The van der Waals surface area contributed by atoms with Gasteiger partial charge in [0.15, 0.2) is 0 Å². The van der Waals surface area contributed by atoms with Crippen LogP contribution in [0.3, 0.4) is 0 Å². The summed E-state index contributed by atoms with van der Waals surface area (Å²) in [5.41, 5.74) is 7.37. The Morgan fingerprint density at radius 3 is 3.00 bits per heavy atom. The zero-order valence-electron chi connectivity index (χ0n) is 12.7. The highest BCUT2D eigenvalue weighted by Crippen LogP contribution is 2.52. The first-order chi connectivity index (χ1) is 10.9. The van der Waals surface area contributed by atoms with E-state index in [9.17, 15) is 0 Å². The lowest BCUT2D eigenvalue weighted by Gasteiger charge is -2.38. The van der Waals surface area contributed by atoms with Crippen molar-refractivity contribution < 1.29 is 4.74 Å². The van der Waals surface area contributed by atoms with E-state index in [2.05, 4.69) is 34.3 Å². The number of hydrogen-bond donors (Lipinski definition) is 1. The van der Waals surface area contributed by atoms with Crippen LogP contribution in [0, 0.1) is 5.92 Å². The first kappa shape index (κ1) is 13.1. The van der Waals surface area contributed by atoms with E-state index in [0.29, 0.717) is 12.0 Å². The van der Waals surface area contributed by atoms with Crippen LogP contribution in [0.4, 0.5) is 5.69 Å². The molecule has 1 fully saturated rings. The fourth-order valence-electron chi connectivity index (χ4n) is 4.57. The predicted molar refractivity (Wildman–Crippen MR) is 90.6 cm³/mol. The van der Waals surface area contributed by atoms with E-state index in [1.54, 1.807) is 22.5 Å². The van der Waals surface area contributed by atoms with Gasteiger partial charge >= 0.3 is 0 Å². The average molecular weight is 311 g/mol. The number of nitrogens with one attached hydrogen (secondary N) is 1. The normalized spacial score (nSPS) is 29.4. The summed E-state index contributed by atoms with van der Waals surface area (Å²) in [5.74, 6) is 0.573. The lowest BCUT2D eigenvalue weighted by atomic mass is 9.78. The van der Waals surface area contributed by atoms with Crippen LogP contribution in [-0.4, -0.2) is 6.61 Å². The number of thiophene rings is 1. The Hall–Kier alpha value is -1.32. The predicted octanol–water partition coefficient (Wildman–Crippen LogP) is 4.87. The van der Waals surface area contributed by atoms with Crippen LogP contribution < -0.4 is 5.32 Å². The van der Waals surface area contributed by atoms with Gasteiger partial charge in [-0.2, -0.15) is 11.3 Å². The molecular formula is C19H21NOS. The minimum absolute atomic E-state index is 0.286. The van der Waals surface area contributed by atoms with E-state index in [4.69, 9.17) is 4.74 Å². The fraction of sp³-hybridized carbons (Fsp3) is 0.474. The van der Waals surface area contributed by atoms with Crippen molar-refractivity contribution in [3.05, 3.63) is 51.2 Å². The van der Waals surface area contributed by atoms with Gasteiger partial charge in [0, 0.05) is 23.8 Å². The van der Waals surface area contributed by atoms with Crippen molar-refractivity contribution in [3.8, 4) is 0 Å². The molecule has 1 aliphatic carbocycles. The van der Waals surface area contributed by atoms with Crippen LogP contribution in [-0.2, 0) is 17.6 Å². The molecule has 3 heteroatoms. The third-order valence-corrected chi connectivity index (χ3v) is 6.34. The third kappa shape index (κ3) is 1.88. The number of hydrogen-bond acceptors (Lipinski definition) is 3. The minimum atomic E-state index is 0.286. The van der Waals surface area contributed by atoms with Crippen molar-refractivity contribution in [1.29, 1.82) is 0 Å². The Bertz CT molecular complexity index is 694. The average Bonchev–Trinajstić information content (AvgIpc) is 3.25. The van der Waals surface area contributed by atoms with Gasteiger partial charge in [-0.1, -0.05) is 12.1 Å². The van der Waals surface area contributed by atoms with Gasteiger partial charge in [-0.3, -0.25) is 0 Å². The molecule has 3 aliphatic rings. The highest BCUT2D eigenvalue weighted by Gasteiger charge is 2.42. The van der Waals surface area contributed by atoms with Crippen molar-refractivity contribution in [3.63, 3.8) is 0 Å². The van der Waals surface area contributed by atoms with E-state index in [1.165, 1.54) is 42.5 Å². The van der Waals surface area contributed by atoms with Gasteiger partial charge in [0.25, 0.3) is 0 Å². The maximum Gasteiger partial charge on any atom is 0.0896 e. The molecular weight excluding hydrogens is 290 g/mol. The smallest absolute Gasteiger partial charge is 0.0896 e. The number of benzene rings is 1. The molecule has 114 valence electrons. The second-order valence-corrected chi connectivity index (χ2v) is 7.58. The molecule has 3 atom stereocenters. The van der Waals surface area contributed by atoms with Crippen LogP contribution in [0.2, 0.25) is 0 Å². The Labute approximate surface area is 135 Å². The second kappa shape index (κ2) is 5.10. The Morgan fingerprint density at radius 1 is 1.14 bits per heavy atom. The van der Waals surface area contributed by atoms with Gasteiger partial charge in [0.05, 0.1) is 12.1 Å². The molecule has 0 bridgehead atoms. The van der Waals surface area contributed by atoms with E-state index in [0.717, 1.165) is 13.0 Å². The molecule has 0 saturated carbocycles. The van der Waals surface area contributed by atoms with Gasteiger partial charge in [-0.15, -0.1) is 0 Å². The van der Waals surface area contributed by atoms with Crippen molar-refractivity contribution >= 4 is 17.0 Å². The molecule has 5 rings (SSSR count). The molecule has 0 radical (unpaired) electrons. The van der Waals surface area contributed by atoms with Crippen molar-refractivity contribution in [2.75, 3.05) is 11.9 Å². The molecule has 0 amide bonds.